The molecule has 0 fully saturated rings. The lowest BCUT2D eigenvalue weighted by Gasteiger charge is -1.99. The zero-order valence-corrected chi connectivity index (χ0v) is 11.5. The minimum atomic E-state index is 0.244. The smallest absolute Gasteiger partial charge is 0.179 e. The zero-order valence-electron chi connectivity index (χ0n) is 7.73. The molecule has 3 rings (SSSR count). The van der Waals surface area contributed by atoms with E-state index in [1.807, 2.05) is 6.07 Å². The maximum Gasteiger partial charge on any atom is 0.179 e. The summed E-state index contributed by atoms with van der Waals surface area (Å²) in [5.41, 5.74) is 3.10. The van der Waals surface area contributed by atoms with E-state index < -0.39 is 0 Å². The van der Waals surface area contributed by atoms with Crippen LogP contribution in [0, 0.1) is 3.57 Å². The Bertz CT molecular complexity index is 588. The van der Waals surface area contributed by atoms with Gasteiger partial charge in [0.1, 0.15) is 0 Å². The van der Waals surface area contributed by atoms with Gasteiger partial charge in [-0.05, 0) is 56.6 Å². The first-order valence-electron chi connectivity index (χ1n) is 4.70. The number of benzene rings is 1. The number of aromatic amines is 1. The molecule has 2 nitrogen and oxygen atoms in total. The number of hydrogen-bond donors (Lipinski definition) is 1. The minimum Gasteiger partial charge on any atom is -0.351 e. The second-order valence-electron chi connectivity index (χ2n) is 3.69. The van der Waals surface area contributed by atoms with E-state index in [0.29, 0.717) is 6.42 Å². The normalized spacial score (nSPS) is 14.9. The van der Waals surface area contributed by atoms with Gasteiger partial charge in [0, 0.05) is 16.3 Å². The predicted octanol–water partition coefficient (Wildman–Crippen LogP) is 3.66. The maximum atomic E-state index is 11.6. The third kappa shape index (κ3) is 1.30. The Morgan fingerprint density at radius 3 is 2.93 bits per heavy atom. The van der Waals surface area contributed by atoms with Gasteiger partial charge in [-0.2, -0.15) is 0 Å². The average molecular weight is 376 g/mol. The van der Waals surface area contributed by atoms with Crippen LogP contribution in [0.25, 0.3) is 10.9 Å². The van der Waals surface area contributed by atoms with Crippen LogP contribution in [0.4, 0.5) is 0 Å². The van der Waals surface area contributed by atoms with Gasteiger partial charge in [-0.1, -0.05) is 6.07 Å². The van der Waals surface area contributed by atoms with Crippen LogP contribution >= 0.6 is 38.5 Å². The second kappa shape index (κ2) is 3.31. The van der Waals surface area contributed by atoms with Crippen LogP contribution in [-0.2, 0) is 6.42 Å². The molecule has 0 atom stereocenters. The SMILES string of the molecule is O=C1CCc2c1[nH]c1c(I)c(Br)ccc21. The summed E-state index contributed by atoms with van der Waals surface area (Å²) in [5, 5.41) is 1.20. The molecule has 15 heavy (non-hydrogen) atoms. The number of halogens is 2. The molecule has 1 aromatic carbocycles. The largest absolute Gasteiger partial charge is 0.351 e. The monoisotopic (exact) mass is 375 g/mol. The molecular weight excluding hydrogens is 369 g/mol. The number of hydrogen-bond acceptors (Lipinski definition) is 1. The molecule has 1 aromatic heterocycles. The maximum absolute atomic E-state index is 11.6. The number of fused-ring (bicyclic) bond motifs is 3. The molecule has 0 bridgehead atoms. The number of ketones is 1. The van der Waals surface area contributed by atoms with Crippen molar-refractivity contribution in [3.63, 3.8) is 0 Å². The van der Waals surface area contributed by atoms with Crippen molar-refractivity contribution in [1.82, 2.24) is 4.98 Å². The van der Waals surface area contributed by atoms with Crippen LogP contribution in [0.1, 0.15) is 22.5 Å². The van der Waals surface area contributed by atoms with E-state index in [9.17, 15) is 4.79 Å². The van der Waals surface area contributed by atoms with Crippen molar-refractivity contribution in [2.45, 2.75) is 12.8 Å². The summed E-state index contributed by atoms with van der Waals surface area (Å²) < 4.78 is 2.22. The highest BCUT2D eigenvalue weighted by atomic mass is 127. The fourth-order valence-corrected chi connectivity index (χ4v) is 3.06. The Labute approximate surface area is 109 Å². The number of carbonyl (C=O) groups is 1. The van der Waals surface area contributed by atoms with Crippen molar-refractivity contribution in [1.29, 1.82) is 0 Å². The van der Waals surface area contributed by atoms with Crippen molar-refractivity contribution in [2.75, 3.05) is 0 Å². The average Bonchev–Trinajstić information content (AvgIpc) is 2.74. The van der Waals surface area contributed by atoms with Gasteiger partial charge in [0.15, 0.2) is 5.78 Å². The molecule has 0 amide bonds. The van der Waals surface area contributed by atoms with E-state index in [0.717, 1.165) is 25.7 Å². The Kier molecular flexibility index (Phi) is 2.17. The van der Waals surface area contributed by atoms with Gasteiger partial charge in [-0.25, -0.2) is 0 Å². The molecule has 1 aliphatic carbocycles. The second-order valence-corrected chi connectivity index (χ2v) is 5.62. The highest BCUT2D eigenvalue weighted by molar-refractivity contribution is 14.1. The van der Waals surface area contributed by atoms with Crippen LogP contribution in [0.15, 0.2) is 16.6 Å². The number of H-pyrrole nitrogens is 1. The lowest BCUT2D eigenvalue weighted by atomic mass is 10.1. The van der Waals surface area contributed by atoms with E-state index in [2.05, 4.69) is 49.6 Å². The third-order valence-corrected chi connectivity index (χ3v) is 5.38. The van der Waals surface area contributed by atoms with Crippen molar-refractivity contribution in [3.8, 4) is 0 Å². The van der Waals surface area contributed by atoms with Gasteiger partial charge in [0.25, 0.3) is 0 Å². The molecule has 4 heteroatoms. The fraction of sp³-hybridized carbons (Fsp3) is 0.182. The number of carbonyl (C=O) groups excluding carboxylic acids is 1. The predicted molar refractivity (Wildman–Crippen MR) is 71.4 cm³/mol. The van der Waals surface area contributed by atoms with E-state index in [1.54, 1.807) is 0 Å². The molecule has 0 unspecified atom stereocenters. The summed E-state index contributed by atoms with van der Waals surface area (Å²) in [6.07, 6.45) is 1.54. The van der Waals surface area contributed by atoms with Crippen LogP contribution in [-0.4, -0.2) is 10.8 Å². The summed E-state index contributed by atoms with van der Waals surface area (Å²) in [4.78, 5) is 14.8. The van der Waals surface area contributed by atoms with Gasteiger partial charge in [-0.3, -0.25) is 4.79 Å². The van der Waals surface area contributed by atoms with Crippen LogP contribution in [0.3, 0.4) is 0 Å². The Hall–Kier alpha value is -0.360. The standard InChI is InChI=1S/C11H7BrINO/c12-7-3-1-6-5-2-4-8(15)10(5)14-11(6)9(7)13/h1,3,14H,2,4H2. The number of aryl methyl sites for hydroxylation is 1. The topological polar surface area (TPSA) is 32.9 Å². The summed E-state index contributed by atoms with van der Waals surface area (Å²) in [6, 6.07) is 4.12. The lowest BCUT2D eigenvalue weighted by molar-refractivity contribution is 0.0991. The molecule has 76 valence electrons. The summed E-state index contributed by atoms with van der Waals surface area (Å²) in [7, 11) is 0. The number of aromatic nitrogens is 1. The first-order valence-corrected chi connectivity index (χ1v) is 6.57. The summed E-state index contributed by atoms with van der Waals surface area (Å²) in [6.45, 7) is 0. The molecule has 0 aliphatic heterocycles. The van der Waals surface area contributed by atoms with E-state index in [1.165, 1.54) is 10.9 Å². The van der Waals surface area contributed by atoms with Gasteiger partial charge in [0.2, 0.25) is 0 Å². The molecule has 2 aromatic rings. The quantitative estimate of drug-likeness (QED) is 0.700. The molecule has 1 heterocycles. The third-order valence-electron chi connectivity index (χ3n) is 2.85. The minimum absolute atomic E-state index is 0.244. The van der Waals surface area contributed by atoms with Crippen molar-refractivity contribution in [3.05, 3.63) is 31.4 Å². The van der Waals surface area contributed by atoms with Gasteiger partial charge in [-0.15, -0.1) is 0 Å². The number of Topliss-reactive ketones (excluding diaryl/α,β-unsaturated/α-hetero) is 1. The Morgan fingerprint density at radius 1 is 1.33 bits per heavy atom. The molecule has 0 saturated heterocycles. The zero-order chi connectivity index (χ0) is 10.6. The molecule has 0 spiro atoms. The molecule has 0 radical (unpaired) electrons. The number of nitrogens with one attached hydrogen (secondary N) is 1. The molecule has 1 N–H and O–H groups in total. The van der Waals surface area contributed by atoms with Crippen LogP contribution in [0.5, 0.6) is 0 Å². The fourth-order valence-electron chi connectivity index (χ4n) is 2.12. The van der Waals surface area contributed by atoms with E-state index >= 15 is 0 Å². The van der Waals surface area contributed by atoms with Crippen molar-refractivity contribution in [2.24, 2.45) is 0 Å². The van der Waals surface area contributed by atoms with Gasteiger partial charge >= 0.3 is 0 Å². The Balaban J connectivity index is 2.44. The van der Waals surface area contributed by atoms with Crippen LogP contribution < -0.4 is 0 Å². The van der Waals surface area contributed by atoms with Gasteiger partial charge < -0.3 is 4.98 Å². The molecule has 0 saturated carbocycles. The van der Waals surface area contributed by atoms with Crippen molar-refractivity contribution < 1.29 is 4.79 Å². The number of rotatable bonds is 0. The van der Waals surface area contributed by atoms with E-state index in [4.69, 9.17) is 0 Å². The first-order chi connectivity index (χ1) is 7.18. The van der Waals surface area contributed by atoms with E-state index in [-0.39, 0.29) is 5.78 Å². The highest BCUT2D eigenvalue weighted by Gasteiger charge is 2.25. The molecular formula is C11H7BrINO. The highest BCUT2D eigenvalue weighted by Crippen LogP contribution is 2.34. The first kappa shape index (κ1) is 9.84. The van der Waals surface area contributed by atoms with Crippen LogP contribution in [0.2, 0.25) is 0 Å². The van der Waals surface area contributed by atoms with Gasteiger partial charge in [0.05, 0.1) is 14.8 Å². The summed E-state index contributed by atoms with van der Waals surface area (Å²) in [5.74, 6) is 0.244. The van der Waals surface area contributed by atoms with Crippen molar-refractivity contribution >= 4 is 55.2 Å². The molecule has 1 aliphatic rings. The summed E-state index contributed by atoms with van der Waals surface area (Å²) >= 11 is 5.78. The lowest BCUT2D eigenvalue weighted by Crippen LogP contribution is -1.91. The Morgan fingerprint density at radius 2 is 2.13 bits per heavy atom.